The molecular weight excluding hydrogens is 502 g/mol. The molecule has 2 aromatic carbocycles. The number of phenolic OH excluding ortho intramolecular Hbond substituents is 1. The summed E-state index contributed by atoms with van der Waals surface area (Å²) in [5.74, 6) is 1.78. The van der Waals surface area contributed by atoms with Crippen molar-refractivity contribution in [2.45, 2.75) is 80.6 Å². The summed E-state index contributed by atoms with van der Waals surface area (Å²) in [6, 6.07) is 13.8. The standard InChI is InChI=1S/C33H41N3O4/c1-39-33-12-11-31(17-23(33)18-35-29(38)24(34)15-20-5-3-2-4-6-20)26-16-22-9-10-25(37)28-27(22)32(31,30(33)40-28)13-14-36(26)19-21-7-8-21/h2-6,9-10,21,23-24,26,30,37H,7-8,11-19,34H2,1H3,(H,35,38)/t23?,24-,26+,30?,31+,32-,33?/m0/s1. The third-order valence-corrected chi connectivity index (χ3v) is 12.0. The Kier molecular flexibility index (Phi) is 5.46. The van der Waals surface area contributed by atoms with Crippen LogP contribution in [0.15, 0.2) is 42.5 Å². The largest absolute Gasteiger partial charge is 0.504 e. The van der Waals surface area contributed by atoms with Gasteiger partial charge in [-0.1, -0.05) is 36.4 Å². The number of nitrogens with one attached hydrogen (secondary N) is 1. The number of ether oxygens (including phenoxy) is 2. The fraction of sp³-hybridized carbons (Fsp3) is 0.606. The molecule has 7 nitrogen and oxygen atoms in total. The molecule has 5 aliphatic carbocycles. The summed E-state index contributed by atoms with van der Waals surface area (Å²) < 4.78 is 13.4. The Morgan fingerprint density at radius 3 is 2.80 bits per heavy atom. The SMILES string of the molecule is COC12CC[C@@]3(CC1CNC(=O)[C@@H](N)Cc1ccccc1)[C@H]1Cc4ccc(O)c5c4[C@@]3(CCN1CC1CC1)C2O5. The number of benzene rings is 2. The van der Waals surface area contributed by atoms with Crippen LogP contribution in [0.4, 0.5) is 0 Å². The second-order valence-corrected chi connectivity index (χ2v) is 13.6. The molecule has 2 aromatic rings. The van der Waals surface area contributed by atoms with Gasteiger partial charge in [0.15, 0.2) is 11.5 Å². The van der Waals surface area contributed by atoms with E-state index in [1.807, 2.05) is 43.5 Å². The van der Waals surface area contributed by atoms with Crippen molar-refractivity contribution in [3.63, 3.8) is 0 Å². The summed E-state index contributed by atoms with van der Waals surface area (Å²) in [7, 11) is 1.82. The first-order valence-corrected chi connectivity index (χ1v) is 15.3. The second-order valence-electron chi connectivity index (χ2n) is 13.6. The number of phenols is 1. The quantitative estimate of drug-likeness (QED) is 0.473. The maximum atomic E-state index is 13.2. The van der Waals surface area contributed by atoms with Gasteiger partial charge in [-0.05, 0) is 81.0 Å². The molecule has 7 heteroatoms. The molecular formula is C33H41N3O4. The van der Waals surface area contributed by atoms with Crippen LogP contribution in [-0.2, 0) is 27.8 Å². The summed E-state index contributed by atoms with van der Waals surface area (Å²) in [6.07, 6.45) is 8.10. The highest BCUT2D eigenvalue weighted by Gasteiger charge is 2.80. The molecule has 40 heavy (non-hydrogen) atoms. The zero-order valence-corrected chi connectivity index (χ0v) is 23.4. The lowest BCUT2D eigenvalue weighted by Gasteiger charge is -2.74. The van der Waals surface area contributed by atoms with Gasteiger partial charge in [-0.3, -0.25) is 9.69 Å². The van der Waals surface area contributed by atoms with Gasteiger partial charge in [0.05, 0.1) is 6.04 Å². The van der Waals surface area contributed by atoms with Crippen LogP contribution in [0, 0.1) is 17.3 Å². The second kappa shape index (κ2) is 8.70. The van der Waals surface area contributed by atoms with Gasteiger partial charge in [0.25, 0.3) is 0 Å². The van der Waals surface area contributed by atoms with Crippen molar-refractivity contribution in [3.05, 3.63) is 59.2 Å². The van der Waals surface area contributed by atoms with Crippen LogP contribution in [0.25, 0.3) is 0 Å². The number of fused-ring (bicyclic) bond motifs is 2. The Morgan fingerprint density at radius 1 is 1.20 bits per heavy atom. The first kappa shape index (κ1) is 25.1. The number of hydrogen-bond acceptors (Lipinski definition) is 6. The predicted molar refractivity (Wildman–Crippen MR) is 151 cm³/mol. The molecule has 0 aromatic heterocycles. The fourth-order valence-corrected chi connectivity index (χ4v) is 10.1. The molecule has 7 aliphatic rings. The summed E-state index contributed by atoms with van der Waals surface area (Å²) in [4.78, 5) is 16.0. The highest BCUT2D eigenvalue weighted by atomic mass is 16.6. The number of carbonyl (C=O) groups is 1. The highest BCUT2D eigenvalue weighted by molar-refractivity contribution is 5.81. The van der Waals surface area contributed by atoms with Gasteiger partial charge >= 0.3 is 0 Å². The molecule has 212 valence electrons. The molecule has 4 saturated carbocycles. The lowest BCUT2D eigenvalue weighted by Crippen LogP contribution is -2.81. The van der Waals surface area contributed by atoms with Crippen LogP contribution in [0.2, 0.25) is 0 Å². The van der Waals surface area contributed by atoms with E-state index in [9.17, 15) is 9.90 Å². The average Bonchev–Trinajstić information content (AvgIpc) is 3.71. The summed E-state index contributed by atoms with van der Waals surface area (Å²) in [5.41, 5.74) is 9.41. The molecule has 2 heterocycles. The van der Waals surface area contributed by atoms with Crippen LogP contribution in [0.3, 0.4) is 0 Å². The molecule has 3 unspecified atom stereocenters. The third-order valence-electron chi connectivity index (χ3n) is 12.0. The smallest absolute Gasteiger partial charge is 0.237 e. The van der Waals surface area contributed by atoms with E-state index in [4.69, 9.17) is 15.2 Å². The van der Waals surface area contributed by atoms with E-state index in [1.54, 1.807) is 0 Å². The Balaban J connectivity index is 1.14. The molecule has 2 aliphatic heterocycles. The maximum Gasteiger partial charge on any atom is 0.237 e. The number of nitrogens with two attached hydrogens (primary N) is 1. The number of piperidine rings is 1. The minimum Gasteiger partial charge on any atom is -0.504 e. The molecule has 7 atom stereocenters. The summed E-state index contributed by atoms with van der Waals surface area (Å²) in [6.45, 7) is 2.80. The van der Waals surface area contributed by atoms with Crippen molar-refractivity contribution in [2.75, 3.05) is 26.7 Å². The zero-order valence-electron chi connectivity index (χ0n) is 23.4. The number of nitrogens with zero attached hydrogens (tertiary/aromatic N) is 1. The van der Waals surface area contributed by atoms with Crippen LogP contribution in [0.1, 0.15) is 55.2 Å². The normalized spacial score (nSPS) is 37.5. The van der Waals surface area contributed by atoms with E-state index in [-0.39, 0.29) is 34.5 Å². The first-order valence-electron chi connectivity index (χ1n) is 15.3. The minimum atomic E-state index is -0.597. The lowest BCUT2D eigenvalue weighted by atomic mass is 9.35. The van der Waals surface area contributed by atoms with Gasteiger partial charge in [0.2, 0.25) is 5.91 Å². The predicted octanol–water partition coefficient (Wildman–Crippen LogP) is 3.30. The highest BCUT2D eigenvalue weighted by Crippen LogP contribution is 2.76. The van der Waals surface area contributed by atoms with E-state index >= 15 is 0 Å². The molecule has 0 radical (unpaired) electrons. The number of amides is 1. The van der Waals surface area contributed by atoms with E-state index in [0.717, 1.165) is 50.1 Å². The Morgan fingerprint density at radius 2 is 2.02 bits per heavy atom. The van der Waals surface area contributed by atoms with Gasteiger partial charge in [0.1, 0.15) is 11.7 Å². The van der Waals surface area contributed by atoms with Crippen molar-refractivity contribution in [2.24, 2.45) is 23.0 Å². The molecule has 1 saturated heterocycles. The van der Waals surface area contributed by atoms with Gasteiger partial charge < -0.3 is 25.6 Å². The number of likely N-dealkylation sites (tertiary alicyclic amines) is 1. The Hall–Kier alpha value is -2.61. The molecule has 4 bridgehead atoms. The monoisotopic (exact) mass is 543 g/mol. The molecule has 9 rings (SSSR count). The van der Waals surface area contributed by atoms with Crippen LogP contribution in [0.5, 0.6) is 11.5 Å². The molecule has 5 fully saturated rings. The van der Waals surface area contributed by atoms with Crippen molar-refractivity contribution in [1.29, 1.82) is 0 Å². The molecule has 2 spiro atoms. The van der Waals surface area contributed by atoms with Gasteiger partial charge in [-0.15, -0.1) is 0 Å². The van der Waals surface area contributed by atoms with E-state index in [1.165, 1.54) is 30.5 Å². The number of rotatable bonds is 8. The number of aromatic hydroxyl groups is 1. The fourth-order valence-electron chi connectivity index (χ4n) is 10.1. The molecule has 1 amide bonds. The van der Waals surface area contributed by atoms with Crippen LogP contribution in [-0.4, -0.2) is 66.4 Å². The lowest BCUT2D eigenvalue weighted by molar-refractivity contribution is -0.276. The third kappa shape index (κ3) is 3.20. The van der Waals surface area contributed by atoms with Crippen molar-refractivity contribution >= 4 is 5.91 Å². The topological polar surface area (TPSA) is 97.0 Å². The van der Waals surface area contributed by atoms with E-state index in [0.29, 0.717) is 24.8 Å². The molecule has 4 N–H and O–H groups in total. The van der Waals surface area contributed by atoms with Crippen LogP contribution < -0.4 is 15.8 Å². The van der Waals surface area contributed by atoms with Gasteiger partial charge in [-0.2, -0.15) is 0 Å². The summed E-state index contributed by atoms with van der Waals surface area (Å²) >= 11 is 0. The maximum absolute atomic E-state index is 13.2. The van der Waals surface area contributed by atoms with Crippen molar-refractivity contribution in [3.8, 4) is 11.5 Å². The van der Waals surface area contributed by atoms with Crippen LogP contribution >= 0.6 is 0 Å². The number of hydrogen-bond donors (Lipinski definition) is 3. The summed E-state index contributed by atoms with van der Waals surface area (Å²) in [5, 5.41) is 14.3. The first-order chi connectivity index (χ1) is 19.4. The van der Waals surface area contributed by atoms with E-state index < -0.39 is 11.6 Å². The van der Waals surface area contributed by atoms with Gasteiger partial charge in [0, 0.05) is 48.6 Å². The van der Waals surface area contributed by atoms with Crippen molar-refractivity contribution in [1.82, 2.24) is 10.2 Å². The minimum absolute atomic E-state index is 0.0404. The van der Waals surface area contributed by atoms with E-state index in [2.05, 4.69) is 16.3 Å². The number of carbonyl (C=O) groups excluding carboxylic acids is 1. The number of methoxy groups -OCH3 is 1. The average molecular weight is 544 g/mol. The van der Waals surface area contributed by atoms with Gasteiger partial charge in [-0.25, -0.2) is 0 Å². The Bertz CT molecular complexity index is 1350. The van der Waals surface area contributed by atoms with Crippen molar-refractivity contribution < 1.29 is 19.4 Å². The zero-order chi connectivity index (χ0) is 27.3. The Labute approximate surface area is 236 Å².